The number of hydrogen-bond donors (Lipinski definition) is 0. The van der Waals surface area contributed by atoms with Gasteiger partial charge in [-0.1, -0.05) is 36.4 Å². The number of allylic oxidation sites excluding steroid dienone is 5. The van der Waals surface area contributed by atoms with Crippen LogP contribution >= 0.6 is 0 Å². The number of hydrogen-bond acceptors (Lipinski definition) is 5. The first kappa shape index (κ1) is 25.4. The Bertz CT molecular complexity index is 1680. The molecule has 39 heavy (non-hydrogen) atoms. The number of aromatic nitrogens is 1. The van der Waals surface area contributed by atoms with Crippen LogP contribution in [0.4, 0.5) is 11.4 Å². The van der Waals surface area contributed by atoms with Gasteiger partial charge in [-0.3, -0.25) is 34.0 Å². The Balaban J connectivity index is 1.80. The molecule has 8 heteroatoms. The normalized spacial score (nSPS) is 16.9. The maximum absolute atomic E-state index is 14.0. The number of amides is 2. The second kappa shape index (κ2) is 10.3. The molecule has 0 saturated heterocycles. The number of fused-ring (bicyclic) bond motifs is 2. The van der Waals surface area contributed by atoms with E-state index in [1.807, 2.05) is 6.92 Å². The molecule has 2 aliphatic rings. The fourth-order valence-corrected chi connectivity index (χ4v) is 4.75. The van der Waals surface area contributed by atoms with E-state index in [-0.39, 0.29) is 28.1 Å². The van der Waals surface area contributed by atoms with E-state index in [1.54, 1.807) is 103 Å². The molecule has 0 radical (unpaired) electrons. The second-order valence-electron chi connectivity index (χ2n) is 8.96. The van der Waals surface area contributed by atoms with Crippen LogP contribution < -0.4 is 14.4 Å². The summed E-state index contributed by atoms with van der Waals surface area (Å²) in [7, 11) is 3.32. The summed E-state index contributed by atoms with van der Waals surface area (Å²) in [6.45, 7) is 1.81. The van der Waals surface area contributed by atoms with Crippen LogP contribution in [0.25, 0.3) is 0 Å². The average Bonchev–Trinajstić information content (AvgIpc) is 3.40. The molecular weight excluding hydrogens is 492 g/mol. The number of aryl methyl sites for hydroxylation is 1. The Labute approximate surface area is 225 Å². The average molecular weight is 518 g/mol. The quantitative estimate of drug-likeness (QED) is 0.226. The van der Waals surface area contributed by atoms with E-state index in [2.05, 4.69) is 4.99 Å². The van der Waals surface area contributed by atoms with Crippen molar-refractivity contribution >= 4 is 41.0 Å². The highest BCUT2D eigenvalue weighted by Crippen LogP contribution is 2.43. The Morgan fingerprint density at radius 3 is 2.03 bits per heavy atom. The van der Waals surface area contributed by atoms with Crippen LogP contribution in [0.1, 0.15) is 38.0 Å². The molecule has 3 aromatic rings. The van der Waals surface area contributed by atoms with Crippen molar-refractivity contribution in [1.29, 1.82) is 0 Å². The van der Waals surface area contributed by atoms with Crippen molar-refractivity contribution in [3.8, 4) is 0 Å². The van der Waals surface area contributed by atoms with Gasteiger partial charge in [0.1, 0.15) is 24.0 Å². The first-order valence-electron chi connectivity index (χ1n) is 12.3. The van der Waals surface area contributed by atoms with Gasteiger partial charge in [0.05, 0.1) is 16.9 Å². The number of benzene rings is 2. The van der Waals surface area contributed by atoms with Crippen molar-refractivity contribution < 1.29 is 23.7 Å². The molecule has 2 aliphatic heterocycles. The zero-order chi connectivity index (χ0) is 27.7. The highest BCUT2D eigenvalue weighted by molar-refractivity contribution is 6.37. The van der Waals surface area contributed by atoms with E-state index in [0.29, 0.717) is 16.9 Å². The van der Waals surface area contributed by atoms with Crippen molar-refractivity contribution in [2.24, 2.45) is 12.0 Å². The molecule has 192 valence electrons. The molecule has 0 aliphatic carbocycles. The highest BCUT2D eigenvalue weighted by Gasteiger charge is 2.47. The van der Waals surface area contributed by atoms with Crippen LogP contribution in [0, 0.1) is 0 Å². The van der Waals surface area contributed by atoms with Crippen LogP contribution in [0.2, 0.25) is 0 Å². The standard InChI is InChI=1S/C31H25N4O4/c1-4-5-11-20(18-32-2)30(38)34-24-15-8-6-13-22(24)28(36)26(34)27-29(37)23-14-7-9-16-25(23)35(27)31(39)21-12-10-17-33(3)19-21/h4-19H,1-3H3/q+1/b5-4-,20-11+,27-26+,32-18+. The summed E-state index contributed by atoms with van der Waals surface area (Å²) in [4.78, 5) is 62.3. The number of rotatable bonds is 4. The Morgan fingerprint density at radius 2 is 1.44 bits per heavy atom. The molecule has 5 rings (SSSR count). The van der Waals surface area contributed by atoms with Gasteiger partial charge in [-0.05, 0) is 43.3 Å². The van der Waals surface area contributed by atoms with E-state index < -0.39 is 23.4 Å². The zero-order valence-electron chi connectivity index (χ0n) is 21.7. The lowest BCUT2D eigenvalue weighted by molar-refractivity contribution is -0.671. The van der Waals surface area contributed by atoms with Crippen molar-refractivity contribution in [2.75, 3.05) is 16.8 Å². The van der Waals surface area contributed by atoms with Gasteiger partial charge in [-0.15, -0.1) is 0 Å². The number of aliphatic imine (C=N–C) groups is 1. The van der Waals surface area contributed by atoms with Gasteiger partial charge in [0.2, 0.25) is 11.6 Å². The zero-order valence-corrected chi connectivity index (χ0v) is 21.7. The number of pyridine rings is 1. The van der Waals surface area contributed by atoms with Crippen LogP contribution in [0.3, 0.4) is 0 Å². The maximum Gasteiger partial charge on any atom is 0.269 e. The molecule has 1 aromatic heterocycles. The third-order valence-corrected chi connectivity index (χ3v) is 6.46. The predicted molar refractivity (Wildman–Crippen MR) is 148 cm³/mol. The smallest absolute Gasteiger partial charge is 0.269 e. The highest BCUT2D eigenvalue weighted by atomic mass is 16.2. The van der Waals surface area contributed by atoms with Crippen LogP contribution in [-0.4, -0.2) is 36.6 Å². The van der Waals surface area contributed by atoms with E-state index in [1.165, 1.54) is 23.1 Å². The van der Waals surface area contributed by atoms with Gasteiger partial charge < -0.3 is 0 Å². The monoisotopic (exact) mass is 517 g/mol. The Morgan fingerprint density at radius 1 is 0.846 bits per heavy atom. The lowest BCUT2D eigenvalue weighted by atomic mass is 10.1. The van der Waals surface area contributed by atoms with E-state index in [4.69, 9.17) is 0 Å². The number of para-hydroxylation sites is 2. The first-order valence-corrected chi connectivity index (χ1v) is 12.3. The summed E-state index contributed by atoms with van der Waals surface area (Å²) in [5.74, 6) is -2.09. The third-order valence-electron chi connectivity index (χ3n) is 6.46. The fourth-order valence-electron chi connectivity index (χ4n) is 4.75. The summed E-state index contributed by atoms with van der Waals surface area (Å²) in [6.07, 6.45) is 9.85. The number of ketones is 2. The Hall–Kier alpha value is -5.24. The van der Waals surface area contributed by atoms with Gasteiger partial charge in [0, 0.05) is 30.5 Å². The van der Waals surface area contributed by atoms with E-state index >= 15 is 0 Å². The summed E-state index contributed by atoms with van der Waals surface area (Å²) in [5, 5.41) is 0. The first-order chi connectivity index (χ1) is 18.9. The molecule has 0 unspecified atom stereocenters. The molecule has 0 N–H and O–H groups in total. The molecule has 2 aromatic carbocycles. The number of Topliss-reactive ketones (excluding diaryl/α,β-unsaturated/α-hetero) is 2. The van der Waals surface area contributed by atoms with Gasteiger partial charge in [0.15, 0.2) is 12.4 Å². The number of nitrogens with zero attached hydrogens (tertiary/aromatic N) is 4. The number of carbonyl (C=O) groups is 4. The van der Waals surface area contributed by atoms with Gasteiger partial charge in [-0.25, -0.2) is 4.57 Å². The van der Waals surface area contributed by atoms with Crippen LogP contribution in [0.5, 0.6) is 0 Å². The summed E-state index contributed by atoms with van der Waals surface area (Å²) in [6, 6.07) is 16.7. The van der Waals surface area contributed by atoms with Crippen molar-refractivity contribution in [1.82, 2.24) is 0 Å². The molecule has 0 saturated carbocycles. The molecular formula is C31H25N4O4+. The number of carbonyl (C=O) groups excluding carboxylic acids is 4. The minimum atomic E-state index is -0.554. The van der Waals surface area contributed by atoms with Gasteiger partial charge >= 0.3 is 0 Å². The van der Waals surface area contributed by atoms with Crippen LogP contribution in [0.15, 0.2) is 113 Å². The molecule has 0 atom stereocenters. The summed E-state index contributed by atoms with van der Waals surface area (Å²) in [5.41, 5.74) is 1.38. The van der Waals surface area contributed by atoms with E-state index in [9.17, 15) is 19.2 Å². The van der Waals surface area contributed by atoms with Gasteiger partial charge in [0.25, 0.3) is 11.8 Å². The van der Waals surface area contributed by atoms with Gasteiger partial charge in [-0.2, -0.15) is 0 Å². The van der Waals surface area contributed by atoms with Crippen molar-refractivity contribution in [3.05, 3.63) is 125 Å². The topological polar surface area (TPSA) is 91.0 Å². The minimum Gasteiger partial charge on any atom is -0.296 e. The van der Waals surface area contributed by atoms with E-state index in [0.717, 1.165) is 0 Å². The SMILES string of the molecule is C\C=C/C=C(\C=N\C)C(=O)N1/C(=C2\C(=O)c3ccccc3N2C(=O)c2ccc[n+](C)c2)C(=O)c2ccccc21. The molecule has 2 amide bonds. The largest absolute Gasteiger partial charge is 0.296 e. The van der Waals surface area contributed by atoms with Crippen LogP contribution in [-0.2, 0) is 11.8 Å². The summed E-state index contributed by atoms with van der Waals surface area (Å²) < 4.78 is 1.72. The molecule has 8 nitrogen and oxygen atoms in total. The summed E-state index contributed by atoms with van der Waals surface area (Å²) >= 11 is 0. The Kier molecular flexibility index (Phi) is 6.68. The predicted octanol–water partition coefficient (Wildman–Crippen LogP) is 4.00. The lowest BCUT2D eigenvalue weighted by Crippen LogP contribution is -2.38. The number of anilines is 2. The molecule has 0 bridgehead atoms. The second-order valence-corrected chi connectivity index (χ2v) is 8.96. The molecule has 0 fully saturated rings. The van der Waals surface area contributed by atoms with Crippen molar-refractivity contribution in [3.63, 3.8) is 0 Å². The molecule has 3 heterocycles. The maximum atomic E-state index is 14.0. The third kappa shape index (κ3) is 4.21. The molecule has 0 spiro atoms. The fraction of sp³-hybridized carbons (Fsp3) is 0.0968. The lowest BCUT2D eigenvalue weighted by Gasteiger charge is -2.24. The minimum absolute atomic E-state index is 0.166. The van der Waals surface area contributed by atoms with Crippen molar-refractivity contribution in [2.45, 2.75) is 6.92 Å².